The number of sulfonamides is 1. The zero-order valence-electron chi connectivity index (χ0n) is 11.1. The molecule has 0 spiro atoms. The van der Waals surface area contributed by atoms with Crippen LogP contribution in [0, 0.1) is 0 Å². The van der Waals surface area contributed by atoms with Gasteiger partial charge in [0.2, 0.25) is 0 Å². The van der Waals surface area contributed by atoms with Crippen LogP contribution < -0.4 is 10.5 Å². The number of nitrogens with one attached hydrogen (secondary N) is 1. The molecule has 1 aromatic heterocycles. The number of fused-ring (bicyclic) bond motifs is 1. The van der Waals surface area contributed by atoms with Crippen molar-refractivity contribution in [2.45, 2.75) is 30.6 Å². The highest BCUT2D eigenvalue weighted by Crippen LogP contribution is 2.31. The van der Waals surface area contributed by atoms with Crippen molar-refractivity contribution < 1.29 is 8.42 Å². The summed E-state index contributed by atoms with van der Waals surface area (Å²) in [6.45, 7) is 0. The summed E-state index contributed by atoms with van der Waals surface area (Å²) >= 11 is 7.28. The molecule has 3 rings (SSSR count). The number of aryl methyl sites for hydroxylation is 2. The highest BCUT2D eigenvalue weighted by Gasteiger charge is 2.20. The first-order valence-electron chi connectivity index (χ1n) is 6.52. The molecule has 0 atom stereocenters. The summed E-state index contributed by atoms with van der Waals surface area (Å²) in [6, 6.07) is 4.24. The number of hydrogen-bond acceptors (Lipinski definition) is 5. The quantitative estimate of drug-likeness (QED) is 0.839. The van der Waals surface area contributed by atoms with Gasteiger partial charge in [-0.1, -0.05) is 11.6 Å². The predicted octanol–water partition coefficient (Wildman–Crippen LogP) is 3.06. The predicted molar refractivity (Wildman–Crippen MR) is 85.4 cm³/mol. The molecule has 0 radical (unpaired) electrons. The van der Waals surface area contributed by atoms with Crippen LogP contribution in [0.1, 0.15) is 23.4 Å². The van der Waals surface area contributed by atoms with Gasteiger partial charge in [0.25, 0.3) is 10.0 Å². The molecule has 0 saturated carbocycles. The van der Waals surface area contributed by atoms with E-state index in [1.807, 2.05) is 0 Å². The Hall–Kier alpha value is -1.31. The molecule has 2 aromatic rings. The first-order valence-corrected chi connectivity index (χ1v) is 9.20. The maximum Gasteiger partial charge on any atom is 0.263 e. The lowest BCUT2D eigenvalue weighted by molar-refractivity contribution is 0.601. The second kappa shape index (κ2) is 5.47. The van der Waals surface area contributed by atoms with Gasteiger partial charge in [-0.05, 0) is 43.9 Å². The lowest BCUT2D eigenvalue weighted by atomic mass is 10.0. The maximum absolute atomic E-state index is 12.3. The third-order valence-corrected chi connectivity index (χ3v) is 6.22. The fourth-order valence-electron chi connectivity index (χ4n) is 2.24. The number of benzene rings is 1. The Labute approximate surface area is 132 Å². The summed E-state index contributed by atoms with van der Waals surface area (Å²) < 4.78 is 27.2. The lowest BCUT2D eigenvalue weighted by Crippen LogP contribution is -2.13. The second-order valence-electron chi connectivity index (χ2n) is 4.88. The molecular weight excluding hydrogens is 330 g/mol. The summed E-state index contributed by atoms with van der Waals surface area (Å²) in [5, 5.41) is 0.631. The van der Waals surface area contributed by atoms with Gasteiger partial charge in [0.05, 0.1) is 21.3 Å². The molecule has 0 saturated heterocycles. The monoisotopic (exact) mass is 343 g/mol. The van der Waals surface area contributed by atoms with Gasteiger partial charge in [-0.2, -0.15) is 0 Å². The van der Waals surface area contributed by atoms with Gasteiger partial charge in [-0.15, -0.1) is 11.3 Å². The lowest BCUT2D eigenvalue weighted by Gasteiger charge is -2.06. The molecule has 3 N–H and O–H groups in total. The summed E-state index contributed by atoms with van der Waals surface area (Å²) in [7, 11) is -3.69. The normalized spacial score (nSPS) is 14.7. The van der Waals surface area contributed by atoms with E-state index in [0.717, 1.165) is 31.4 Å². The van der Waals surface area contributed by atoms with Gasteiger partial charge in [0, 0.05) is 4.88 Å². The SMILES string of the molecule is Nc1ccc(S(=O)(=O)Nc2nc3c(s2)CCCC3)cc1Cl. The molecule has 8 heteroatoms. The molecule has 0 fully saturated rings. The average Bonchev–Trinajstić information content (AvgIpc) is 2.82. The molecule has 1 aliphatic carbocycles. The zero-order chi connectivity index (χ0) is 15.0. The van der Waals surface area contributed by atoms with Crippen molar-refractivity contribution in [3.8, 4) is 0 Å². The van der Waals surface area contributed by atoms with Crippen molar-refractivity contribution in [1.29, 1.82) is 0 Å². The number of aromatic nitrogens is 1. The van der Waals surface area contributed by atoms with Crippen LogP contribution in [0.25, 0.3) is 0 Å². The number of anilines is 2. The molecule has 0 unspecified atom stereocenters. The van der Waals surface area contributed by atoms with E-state index in [4.69, 9.17) is 17.3 Å². The molecule has 0 aliphatic heterocycles. The van der Waals surface area contributed by atoms with E-state index >= 15 is 0 Å². The standard InChI is InChI=1S/C13H14ClN3O2S2/c14-9-7-8(5-6-10(9)15)21(18,19)17-13-16-11-3-1-2-4-12(11)20-13/h5-7H,1-4,15H2,(H,16,17). The summed E-state index contributed by atoms with van der Waals surface area (Å²) in [6.07, 6.45) is 4.13. The Morgan fingerprint density at radius 1 is 1.29 bits per heavy atom. The number of nitrogens with two attached hydrogens (primary N) is 1. The minimum atomic E-state index is -3.69. The first kappa shape index (κ1) is 14.6. The Bertz CT molecular complexity index is 763. The topological polar surface area (TPSA) is 85.1 Å². The van der Waals surface area contributed by atoms with Crippen molar-refractivity contribution in [1.82, 2.24) is 4.98 Å². The third-order valence-electron chi connectivity index (χ3n) is 3.35. The van der Waals surface area contributed by atoms with E-state index in [1.54, 1.807) is 0 Å². The van der Waals surface area contributed by atoms with Gasteiger partial charge < -0.3 is 5.73 Å². The van der Waals surface area contributed by atoms with E-state index in [-0.39, 0.29) is 9.92 Å². The van der Waals surface area contributed by atoms with Crippen LogP contribution in [0.5, 0.6) is 0 Å². The van der Waals surface area contributed by atoms with E-state index in [2.05, 4.69) is 9.71 Å². The fourth-order valence-corrected chi connectivity index (χ4v) is 4.80. The minimum Gasteiger partial charge on any atom is -0.398 e. The van der Waals surface area contributed by atoms with Gasteiger partial charge in [-0.25, -0.2) is 13.4 Å². The number of halogens is 1. The summed E-state index contributed by atoms with van der Waals surface area (Å²) in [5.41, 5.74) is 6.95. The van der Waals surface area contributed by atoms with E-state index < -0.39 is 10.0 Å². The van der Waals surface area contributed by atoms with Crippen molar-refractivity contribution >= 4 is 43.8 Å². The smallest absolute Gasteiger partial charge is 0.263 e. The second-order valence-corrected chi connectivity index (χ2v) is 8.06. The molecule has 0 bridgehead atoms. The van der Waals surface area contributed by atoms with Gasteiger partial charge in [0.1, 0.15) is 0 Å². The third kappa shape index (κ3) is 3.00. The molecule has 1 aromatic carbocycles. The summed E-state index contributed by atoms with van der Waals surface area (Å²) in [5.74, 6) is 0. The summed E-state index contributed by atoms with van der Waals surface area (Å²) in [4.78, 5) is 5.63. The van der Waals surface area contributed by atoms with E-state index in [0.29, 0.717) is 10.8 Å². The minimum absolute atomic E-state index is 0.0786. The van der Waals surface area contributed by atoms with Crippen LogP contribution in [0.15, 0.2) is 23.1 Å². The fraction of sp³-hybridized carbons (Fsp3) is 0.308. The Morgan fingerprint density at radius 3 is 2.76 bits per heavy atom. The van der Waals surface area contributed by atoms with Crippen LogP contribution >= 0.6 is 22.9 Å². The Morgan fingerprint density at radius 2 is 2.05 bits per heavy atom. The Balaban J connectivity index is 1.88. The molecule has 21 heavy (non-hydrogen) atoms. The zero-order valence-corrected chi connectivity index (χ0v) is 13.5. The van der Waals surface area contributed by atoms with E-state index in [9.17, 15) is 8.42 Å². The largest absolute Gasteiger partial charge is 0.398 e. The average molecular weight is 344 g/mol. The van der Waals surface area contributed by atoms with Crippen molar-refractivity contribution in [2.24, 2.45) is 0 Å². The van der Waals surface area contributed by atoms with Crippen LogP contribution in [-0.2, 0) is 22.9 Å². The molecule has 5 nitrogen and oxygen atoms in total. The van der Waals surface area contributed by atoms with Gasteiger partial charge >= 0.3 is 0 Å². The number of nitrogen functional groups attached to an aromatic ring is 1. The van der Waals surface area contributed by atoms with Gasteiger partial charge in [0.15, 0.2) is 5.13 Å². The van der Waals surface area contributed by atoms with Crippen LogP contribution in [-0.4, -0.2) is 13.4 Å². The van der Waals surface area contributed by atoms with Gasteiger partial charge in [-0.3, -0.25) is 4.72 Å². The van der Waals surface area contributed by atoms with E-state index in [1.165, 1.54) is 34.4 Å². The molecule has 112 valence electrons. The van der Waals surface area contributed by atoms with Crippen molar-refractivity contribution in [2.75, 3.05) is 10.5 Å². The van der Waals surface area contributed by atoms with Crippen molar-refractivity contribution in [3.05, 3.63) is 33.8 Å². The maximum atomic E-state index is 12.3. The molecule has 0 amide bonds. The first-order chi connectivity index (χ1) is 9.95. The molecule has 1 heterocycles. The number of nitrogens with zero attached hydrogens (tertiary/aromatic N) is 1. The number of thiazole rings is 1. The molecular formula is C13H14ClN3O2S2. The van der Waals surface area contributed by atoms with Crippen molar-refractivity contribution in [3.63, 3.8) is 0 Å². The van der Waals surface area contributed by atoms with Crippen LogP contribution in [0.3, 0.4) is 0 Å². The highest BCUT2D eigenvalue weighted by molar-refractivity contribution is 7.93. The van der Waals surface area contributed by atoms with Crippen LogP contribution in [0.4, 0.5) is 10.8 Å². The molecule has 1 aliphatic rings. The van der Waals surface area contributed by atoms with Crippen LogP contribution in [0.2, 0.25) is 5.02 Å². The highest BCUT2D eigenvalue weighted by atomic mass is 35.5. The number of hydrogen-bond donors (Lipinski definition) is 2. The Kier molecular flexibility index (Phi) is 3.81. The number of rotatable bonds is 3.